The second-order valence-corrected chi connectivity index (χ2v) is 6.26. The lowest BCUT2D eigenvalue weighted by molar-refractivity contribution is 0.205. The number of nitrogens with one attached hydrogen (secondary N) is 1. The van der Waals surface area contributed by atoms with Gasteiger partial charge in [-0.05, 0) is 19.8 Å². The Bertz CT molecular complexity index is 608. The van der Waals surface area contributed by atoms with Crippen LogP contribution in [0.15, 0.2) is 6.20 Å². The van der Waals surface area contributed by atoms with Crippen molar-refractivity contribution in [1.82, 2.24) is 9.97 Å². The highest BCUT2D eigenvalue weighted by atomic mass is 32.1. The first-order chi connectivity index (χ1) is 9.74. The molecule has 2 aromatic rings. The van der Waals surface area contributed by atoms with E-state index in [1.165, 1.54) is 18.5 Å². The van der Waals surface area contributed by atoms with Crippen LogP contribution in [0.5, 0.6) is 0 Å². The molecule has 1 fully saturated rings. The van der Waals surface area contributed by atoms with E-state index in [1.807, 2.05) is 20.2 Å². The van der Waals surface area contributed by atoms with Crippen molar-refractivity contribution in [2.24, 2.45) is 0 Å². The number of aryl methyl sites for hydroxylation is 1. The maximum atomic E-state index is 5.27. The first-order valence-corrected chi connectivity index (χ1v) is 7.75. The van der Waals surface area contributed by atoms with Crippen LogP contribution in [-0.4, -0.2) is 43.3 Å². The van der Waals surface area contributed by atoms with Crippen LogP contribution in [0.4, 0.5) is 11.4 Å². The highest BCUT2D eigenvalue weighted by Crippen LogP contribution is 2.40. The molecule has 2 heterocycles. The predicted molar refractivity (Wildman–Crippen MR) is 83.9 cm³/mol. The average molecular weight is 292 g/mol. The molecule has 0 unspecified atom stereocenters. The van der Waals surface area contributed by atoms with Crippen LogP contribution in [0.3, 0.4) is 0 Å². The summed E-state index contributed by atoms with van der Waals surface area (Å²) in [6.07, 6.45) is 4.41. The molecular weight excluding hydrogens is 272 g/mol. The Balaban J connectivity index is 2.09. The van der Waals surface area contributed by atoms with Gasteiger partial charge in [0, 0.05) is 26.7 Å². The molecule has 0 aromatic carbocycles. The zero-order chi connectivity index (χ0) is 14.1. The van der Waals surface area contributed by atoms with Crippen LogP contribution >= 0.6 is 11.3 Å². The summed E-state index contributed by atoms with van der Waals surface area (Å²) in [6.45, 7) is 3.66. The van der Waals surface area contributed by atoms with Crippen molar-refractivity contribution < 1.29 is 4.74 Å². The van der Waals surface area contributed by atoms with Gasteiger partial charge in [0.05, 0.1) is 29.2 Å². The van der Waals surface area contributed by atoms with E-state index in [1.54, 1.807) is 18.4 Å². The van der Waals surface area contributed by atoms with Gasteiger partial charge in [0.2, 0.25) is 0 Å². The van der Waals surface area contributed by atoms with Gasteiger partial charge in [-0.3, -0.25) is 0 Å². The summed E-state index contributed by atoms with van der Waals surface area (Å²) in [5, 5.41) is 4.32. The number of hydrogen-bond donors (Lipinski definition) is 1. The molecular formula is C14H20N4OS. The predicted octanol–water partition coefficient (Wildman–Crippen LogP) is 2.66. The summed E-state index contributed by atoms with van der Waals surface area (Å²) < 4.78 is 5.27. The fourth-order valence-electron chi connectivity index (χ4n) is 2.50. The van der Waals surface area contributed by atoms with Gasteiger partial charge in [-0.25, -0.2) is 9.97 Å². The number of anilines is 2. The Kier molecular flexibility index (Phi) is 3.76. The quantitative estimate of drug-likeness (QED) is 0.887. The van der Waals surface area contributed by atoms with Gasteiger partial charge >= 0.3 is 0 Å². The van der Waals surface area contributed by atoms with Crippen LogP contribution in [0.1, 0.15) is 17.8 Å². The highest BCUT2D eigenvalue weighted by molar-refractivity contribution is 7.18. The van der Waals surface area contributed by atoms with Gasteiger partial charge in [0.25, 0.3) is 0 Å². The van der Waals surface area contributed by atoms with Gasteiger partial charge < -0.3 is 15.0 Å². The Morgan fingerprint density at radius 2 is 2.30 bits per heavy atom. The summed E-state index contributed by atoms with van der Waals surface area (Å²) >= 11 is 1.65. The number of nitrogens with zero attached hydrogens (tertiary/aromatic N) is 3. The minimum atomic E-state index is 0.616. The highest BCUT2D eigenvalue weighted by Gasteiger charge is 2.32. The van der Waals surface area contributed by atoms with E-state index < -0.39 is 0 Å². The molecule has 0 bridgehead atoms. The van der Waals surface area contributed by atoms with Crippen LogP contribution in [-0.2, 0) is 4.74 Å². The number of rotatable bonds is 6. The standard InChI is InChI=1S/C14H20N4OS/c1-9-17-12-13(11(15-2)8-16-14(12)20-9)18(6-7-19-3)10-4-5-10/h8,10,15H,4-7H2,1-3H3. The lowest BCUT2D eigenvalue weighted by Crippen LogP contribution is -2.30. The number of ether oxygens (including phenoxy) is 1. The number of thiazole rings is 1. The lowest BCUT2D eigenvalue weighted by Gasteiger charge is -2.26. The fourth-order valence-corrected chi connectivity index (χ4v) is 3.26. The van der Waals surface area contributed by atoms with Gasteiger partial charge in [0.15, 0.2) is 0 Å². The Morgan fingerprint density at radius 3 is 2.95 bits per heavy atom. The monoisotopic (exact) mass is 292 g/mol. The lowest BCUT2D eigenvalue weighted by atomic mass is 10.2. The molecule has 1 aliphatic rings. The number of hydrogen-bond acceptors (Lipinski definition) is 6. The van der Waals surface area contributed by atoms with E-state index in [9.17, 15) is 0 Å². The van der Waals surface area contributed by atoms with Crippen LogP contribution in [0.2, 0.25) is 0 Å². The zero-order valence-corrected chi connectivity index (χ0v) is 13.0. The van der Waals surface area contributed by atoms with E-state index >= 15 is 0 Å². The molecule has 1 N–H and O–H groups in total. The van der Waals surface area contributed by atoms with E-state index in [-0.39, 0.29) is 0 Å². The molecule has 5 nitrogen and oxygen atoms in total. The van der Waals surface area contributed by atoms with Gasteiger partial charge in [0.1, 0.15) is 10.3 Å². The minimum Gasteiger partial charge on any atom is -0.385 e. The van der Waals surface area contributed by atoms with Crippen molar-refractivity contribution in [3.63, 3.8) is 0 Å². The van der Waals surface area contributed by atoms with Crippen molar-refractivity contribution in [2.75, 3.05) is 37.5 Å². The third kappa shape index (κ3) is 2.45. The first kappa shape index (κ1) is 13.6. The van der Waals surface area contributed by atoms with Crippen molar-refractivity contribution in [3.8, 4) is 0 Å². The summed E-state index contributed by atoms with van der Waals surface area (Å²) in [6, 6.07) is 0.616. The van der Waals surface area contributed by atoms with Crippen molar-refractivity contribution >= 4 is 33.1 Å². The fraction of sp³-hybridized carbons (Fsp3) is 0.571. The third-order valence-electron chi connectivity index (χ3n) is 3.59. The number of fused-ring (bicyclic) bond motifs is 1. The normalized spacial score (nSPS) is 14.8. The van der Waals surface area contributed by atoms with Crippen LogP contribution in [0, 0.1) is 6.92 Å². The van der Waals surface area contributed by atoms with E-state index in [0.29, 0.717) is 6.04 Å². The molecule has 3 rings (SSSR count). The SMILES string of the molecule is CNc1cnc2sc(C)nc2c1N(CCOC)C1CC1. The molecule has 0 amide bonds. The summed E-state index contributed by atoms with van der Waals surface area (Å²) in [4.78, 5) is 12.6. The maximum absolute atomic E-state index is 5.27. The van der Waals surface area contributed by atoms with E-state index in [4.69, 9.17) is 9.72 Å². The molecule has 108 valence electrons. The van der Waals surface area contributed by atoms with Crippen LogP contribution in [0.25, 0.3) is 10.3 Å². The molecule has 1 saturated carbocycles. The number of aromatic nitrogens is 2. The first-order valence-electron chi connectivity index (χ1n) is 6.94. The van der Waals surface area contributed by atoms with Crippen molar-refractivity contribution in [3.05, 3.63) is 11.2 Å². The van der Waals surface area contributed by atoms with Crippen LogP contribution < -0.4 is 10.2 Å². The molecule has 20 heavy (non-hydrogen) atoms. The minimum absolute atomic E-state index is 0.616. The molecule has 6 heteroatoms. The zero-order valence-electron chi connectivity index (χ0n) is 12.1. The third-order valence-corrected chi connectivity index (χ3v) is 4.47. The smallest absolute Gasteiger partial charge is 0.145 e. The molecule has 0 aliphatic heterocycles. The molecule has 0 atom stereocenters. The Morgan fingerprint density at radius 1 is 1.50 bits per heavy atom. The topological polar surface area (TPSA) is 50.3 Å². The van der Waals surface area contributed by atoms with Gasteiger partial charge in [-0.1, -0.05) is 11.3 Å². The maximum Gasteiger partial charge on any atom is 0.145 e. The Labute approximate surface area is 123 Å². The summed E-state index contributed by atoms with van der Waals surface area (Å²) in [7, 11) is 3.69. The summed E-state index contributed by atoms with van der Waals surface area (Å²) in [5.41, 5.74) is 3.24. The van der Waals surface area contributed by atoms with E-state index in [2.05, 4.69) is 15.2 Å². The number of pyridine rings is 1. The van der Waals surface area contributed by atoms with Gasteiger partial charge in [-0.2, -0.15) is 0 Å². The molecule has 1 aliphatic carbocycles. The molecule has 2 aromatic heterocycles. The van der Waals surface area contributed by atoms with E-state index in [0.717, 1.165) is 34.2 Å². The average Bonchev–Trinajstić information content (AvgIpc) is 3.20. The second-order valence-electron chi connectivity index (χ2n) is 5.07. The molecule has 0 radical (unpaired) electrons. The van der Waals surface area contributed by atoms with Crippen molar-refractivity contribution in [1.29, 1.82) is 0 Å². The number of methoxy groups -OCH3 is 1. The largest absolute Gasteiger partial charge is 0.385 e. The molecule has 0 spiro atoms. The second kappa shape index (κ2) is 5.54. The van der Waals surface area contributed by atoms with Gasteiger partial charge in [-0.15, -0.1) is 0 Å². The summed E-state index contributed by atoms with van der Waals surface area (Å²) in [5.74, 6) is 0. The Hall–Kier alpha value is -1.40. The molecule has 0 saturated heterocycles. The van der Waals surface area contributed by atoms with Crippen molar-refractivity contribution in [2.45, 2.75) is 25.8 Å².